The fourth-order valence-corrected chi connectivity index (χ4v) is 1.92. The highest BCUT2D eigenvalue weighted by Gasteiger charge is 2.31. The van der Waals surface area contributed by atoms with Gasteiger partial charge in [0.15, 0.2) is 0 Å². The van der Waals surface area contributed by atoms with Gasteiger partial charge < -0.3 is 9.67 Å². The summed E-state index contributed by atoms with van der Waals surface area (Å²) in [6.07, 6.45) is 7.57. The van der Waals surface area contributed by atoms with E-state index in [-0.39, 0.29) is 6.10 Å². The number of rotatable bonds is 5. The van der Waals surface area contributed by atoms with E-state index in [1.54, 1.807) is 0 Å². The van der Waals surface area contributed by atoms with Crippen molar-refractivity contribution in [3.63, 3.8) is 0 Å². The maximum Gasteiger partial charge on any atom is 0.0832 e. The smallest absolute Gasteiger partial charge is 0.0832 e. The summed E-state index contributed by atoms with van der Waals surface area (Å²) in [6, 6.07) is 2.06. The van der Waals surface area contributed by atoms with Crippen LogP contribution < -0.4 is 0 Å². The molecule has 2 unspecified atom stereocenters. The van der Waals surface area contributed by atoms with Crippen molar-refractivity contribution in [3.8, 4) is 0 Å². The molecule has 1 saturated carbocycles. The van der Waals surface area contributed by atoms with Gasteiger partial charge in [-0.05, 0) is 36.3 Å². The van der Waals surface area contributed by atoms with Crippen LogP contribution >= 0.6 is 0 Å². The molecule has 2 nitrogen and oxygen atoms in total. The van der Waals surface area contributed by atoms with Crippen LogP contribution in [0.1, 0.15) is 44.8 Å². The Labute approximate surface area is 91.9 Å². The Morgan fingerprint density at radius 2 is 2.27 bits per heavy atom. The van der Waals surface area contributed by atoms with Crippen molar-refractivity contribution in [2.24, 2.45) is 11.8 Å². The average molecular weight is 207 g/mol. The van der Waals surface area contributed by atoms with Gasteiger partial charge in [-0.3, -0.25) is 0 Å². The summed E-state index contributed by atoms with van der Waals surface area (Å²) in [4.78, 5) is 0. The second-order valence-corrected chi connectivity index (χ2v) is 4.94. The lowest BCUT2D eigenvalue weighted by atomic mass is 10.1. The number of hydrogen-bond donors (Lipinski definition) is 1. The van der Waals surface area contributed by atoms with Crippen molar-refractivity contribution in [1.29, 1.82) is 0 Å². The molecule has 0 spiro atoms. The van der Waals surface area contributed by atoms with Gasteiger partial charge in [0.25, 0.3) is 0 Å². The minimum absolute atomic E-state index is 0.219. The highest BCUT2D eigenvalue weighted by molar-refractivity contribution is 5.16. The number of hydrogen-bond acceptors (Lipinski definition) is 1. The Morgan fingerprint density at radius 1 is 1.53 bits per heavy atom. The fourth-order valence-electron chi connectivity index (χ4n) is 1.92. The summed E-state index contributed by atoms with van der Waals surface area (Å²) in [5.74, 6) is 1.24. The molecule has 0 aliphatic heterocycles. The predicted octanol–water partition coefficient (Wildman–Crippen LogP) is 2.98. The third kappa shape index (κ3) is 2.63. The summed E-state index contributed by atoms with van der Waals surface area (Å²) in [7, 11) is 0. The molecule has 84 valence electrons. The molecule has 2 rings (SSSR count). The van der Waals surface area contributed by atoms with Crippen molar-refractivity contribution >= 4 is 0 Å². The minimum atomic E-state index is -0.219. The Morgan fingerprint density at radius 3 is 2.87 bits per heavy atom. The van der Waals surface area contributed by atoms with E-state index in [9.17, 15) is 5.11 Å². The van der Waals surface area contributed by atoms with E-state index in [0.29, 0.717) is 11.8 Å². The Balaban J connectivity index is 1.96. The third-order valence-corrected chi connectivity index (χ3v) is 3.40. The van der Waals surface area contributed by atoms with Gasteiger partial charge >= 0.3 is 0 Å². The zero-order valence-corrected chi connectivity index (χ0v) is 9.69. The first-order valence-electron chi connectivity index (χ1n) is 6.04. The lowest BCUT2D eigenvalue weighted by Gasteiger charge is -2.10. The molecule has 1 aromatic rings. The van der Waals surface area contributed by atoms with E-state index < -0.39 is 0 Å². The average Bonchev–Trinajstić information content (AvgIpc) is 2.98. The Kier molecular flexibility index (Phi) is 3.15. The molecule has 1 aliphatic carbocycles. The van der Waals surface area contributed by atoms with Crippen LogP contribution in [0.2, 0.25) is 0 Å². The van der Waals surface area contributed by atoms with E-state index in [4.69, 9.17) is 0 Å². The summed E-state index contributed by atoms with van der Waals surface area (Å²) < 4.78 is 2.20. The van der Waals surface area contributed by atoms with Gasteiger partial charge in [-0.2, -0.15) is 0 Å². The van der Waals surface area contributed by atoms with Crippen molar-refractivity contribution in [2.75, 3.05) is 0 Å². The third-order valence-electron chi connectivity index (χ3n) is 3.40. The molecular formula is C13H21NO. The first-order valence-corrected chi connectivity index (χ1v) is 6.04. The summed E-state index contributed by atoms with van der Waals surface area (Å²) >= 11 is 0. The monoisotopic (exact) mass is 207 g/mol. The molecule has 2 heteroatoms. The van der Waals surface area contributed by atoms with Gasteiger partial charge in [0.1, 0.15) is 0 Å². The lowest BCUT2D eigenvalue weighted by molar-refractivity contribution is 0.153. The van der Waals surface area contributed by atoms with Crippen LogP contribution in [-0.2, 0) is 6.54 Å². The van der Waals surface area contributed by atoms with Crippen molar-refractivity contribution < 1.29 is 5.11 Å². The number of aliphatic hydroxyl groups is 1. The molecular weight excluding hydrogens is 186 g/mol. The molecule has 0 aromatic carbocycles. The van der Waals surface area contributed by atoms with Gasteiger partial charge in [-0.25, -0.2) is 0 Å². The van der Waals surface area contributed by atoms with Crippen molar-refractivity contribution in [3.05, 3.63) is 24.0 Å². The van der Waals surface area contributed by atoms with Gasteiger partial charge in [0.2, 0.25) is 0 Å². The van der Waals surface area contributed by atoms with Gasteiger partial charge in [0, 0.05) is 18.9 Å². The van der Waals surface area contributed by atoms with Crippen LogP contribution in [0.4, 0.5) is 0 Å². The molecule has 0 radical (unpaired) electrons. The standard InChI is InChI=1S/C13H21NO/c1-3-10(2)8-14-7-6-12(9-14)13(15)11-4-5-11/h6-7,9-11,13,15H,3-5,8H2,1-2H3. The Hall–Kier alpha value is -0.760. The summed E-state index contributed by atoms with van der Waals surface area (Å²) in [5, 5.41) is 9.95. The van der Waals surface area contributed by atoms with E-state index in [2.05, 4.69) is 36.9 Å². The molecule has 0 saturated heterocycles. The number of nitrogens with zero attached hydrogens (tertiary/aromatic N) is 1. The molecule has 1 aromatic heterocycles. The molecule has 1 fully saturated rings. The van der Waals surface area contributed by atoms with Crippen LogP contribution in [0, 0.1) is 11.8 Å². The van der Waals surface area contributed by atoms with Crippen molar-refractivity contribution in [2.45, 2.75) is 45.8 Å². The first kappa shape index (κ1) is 10.7. The van der Waals surface area contributed by atoms with Crippen LogP contribution in [0.3, 0.4) is 0 Å². The SMILES string of the molecule is CCC(C)Cn1ccc(C(O)C2CC2)c1. The summed E-state index contributed by atoms with van der Waals surface area (Å²) in [5.41, 5.74) is 1.10. The predicted molar refractivity (Wildman–Crippen MR) is 61.6 cm³/mol. The van der Waals surface area contributed by atoms with Crippen LogP contribution in [0.15, 0.2) is 18.5 Å². The quantitative estimate of drug-likeness (QED) is 0.789. The van der Waals surface area contributed by atoms with Gasteiger partial charge in [-0.15, -0.1) is 0 Å². The molecule has 2 atom stereocenters. The highest BCUT2D eigenvalue weighted by Crippen LogP contribution is 2.40. The van der Waals surface area contributed by atoms with Crippen LogP contribution in [-0.4, -0.2) is 9.67 Å². The molecule has 1 aliphatic rings. The Bertz CT molecular complexity index is 314. The van der Waals surface area contributed by atoms with E-state index in [1.165, 1.54) is 19.3 Å². The second-order valence-electron chi connectivity index (χ2n) is 4.94. The van der Waals surface area contributed by atoms with Crippen LogP contribution in [0.5, 0.6) is 0 Å². The second kappa shape index (κ2) is 4.40. The van der Waals surface area contributed by atoms with Gasteiger partial charge in [-0.1, -0.05) is 20.3 Å². The lowest BCUT2D eigenvalue weighted by Crippen LogP contribution is -2.04. The van der Waals surface area contributed by atoms with E-state index in [0.717, 1.165) is 12.1 Å². The highest BCUT2D eigenvalue weighted by atomic mass is 16.3. The first-order chi connectivity index (χ1) is 7.20. The minimum Gasteiger partial charge on any atom is -0.388 e. The van der Waals surface area contributed by atoms with Crippen molar-refractivity contribution in [1.82, 2.24) is 4.57 Å². The molecule has 15 heavy (non-hydrogen) atoms. The van der Waals surface area contributed by atoms with Crippen LogP contribution in [0.25, 0.3) is 0 Å². The molecule has 0 amide bonds. The maximum atomic E-state index is 9.95. The molecule has 1 heterocycles. The summed E-state index contributed by atoms with van der Waals surface area (Å²) in [6.45, 7) is 5.54. The topological polar surface area (TPSA) is 25.2 Å². The van der Waals surface area contributed by atoms with E-state index >= 15 is 0 Å². The normalized spacial score (nSPS) is 20.2. The zero-order chi connectivity index (χ0) is 10.8. The number of aliphatic hydroxyl groups excluding tert-OH is 1. The van der Waals surface area contributed by atoms with E-state index in [1.807, 2.05) is 0 Å². The molecule has 1 N–H and O–H groups in total. The fraction of sp³-hybridized carbons (Fsp3) is 0.692. The van der Waals surface area contributed by atoms with Gasteiger partial charge in [0.05, 0.1) is 6.10 Å². The zero-order valence-electron chi connectivity index (χ0n) is 9.69. The maximum absolute atomic E-state index is 9.95. The number of aromatic nitrogens is 1. The largest absolute Gasteiger partial charge is 0.388 e. The molecule has 0 bridgehead atoms.